The number of amides is 1. The van der Waals surface area contributed by atoms with E-state index in [1.807, 2.05) is 30.3 Å². The van der Waals surface area contributed by atoms with Crippen LogP contribution >= 0.6 is 0 Å². The lowest BCUT2D eigenvalue weighted by molar-refractivity contribution is -0.110. The topological polar surface area (TPSA) is 52.9 Å². The lowest BCUT2D eigenvalue weighted by atomic mass is 10.1. The molecule has 2 rings (SSSR count). The third kappa shape index (κ3) is 1.09. The molecule has 0 atom stereocenters. The highest BCUT2D eigenvalue weighted by molar-refractivity contribution is 6.31. The first kappa shape index (κ1) is 7.56. The molecule has 0 fully saturated rings. The molecule has 0 saturated heterocycles. The summed E-state index contributed by atoms with van der Waals surface area (Å²) < 4.78 is 0. The van der Waals surface area contributed by atoms with Crippen molar-refractivity contribution >= 4 is 17.2 Å². The van der Waals surface area contributed by atoms with E-state index in [4.69, 9.17) is 5.26 Å². The summed E-state index contributed by atoms with van der Waals surface area (Å²) >= 11 is 0. The maximum Gasteiger partial charge on any atom is 0.257 e. The van der Waals surface area contributed by atoms with Gasteiger partial charge in [0.05, 0.1) is 11.6 Å². The maximum atomic E-state index is 11.3. The van der Waals surface area contributed by atoms with Crippen LogP contribution in [0.25, 0.3) is 5.57 Å². The minimum absolute atomic E-state index is 0.206. The van der Waals surface area contributed by atoms with Crippen molar-refractivity contribution in [3.63, 3.8) is 0 Å². The molecule has 3 heteroatoms. The Morgan fingerprint density at radius 3 is 2.92 bits per heavy atom. The Labute approximate surface area is 75.3 Å². The van der Waals surface area contributed by atoms with E-state index in [0.29, 0.717) is 5.57 Å². The van der Waals surface area contributed by atoms with Gasteiger partial charge in [0.2, 0.25) is 0 Å². The van der Waals surface area contributed by atoms with Gasteiger partial charge in [-0.2, -0.15) is 5.26 Å². The second kappa shape index (κ2) is 2.76. The number of nitriles is 1. The van der Waals surface area contributed by atoms with E-state index in [2.05, 4.69) is 5.32 Å². The van der Waals surface area contributed by atoms with Crippen LogP contribution in [0.1, 0.15) is 5.56 Å². The SMILES string of the molecule is N#C/C=C1/C(=O)Nc2ccccc21. The molecule has 0 saturated carbocycles. The third-order valence-corrected chi connectivity index (χ3v) is 1.92. The highest BCUT2D eigenvalue weighted by Gasteiger charge is 2.22. The van der Waals surface area contributed by atoms with Crippen molar-refractivity contribution < 1.29 is 4.79 Å². The van der Waals surface area contributed by atoms with Gasteiger partial charge in [-0.15, -0.1) is 0 Å². The van der Waals surface area contributed by atoms with Gasteiger partial charge in [0.1, 0.15) is 0 Å². The van der Waals surface area contributed by atoms with Crippen LogP contribution in [0.5, 0.6) is 0 Å². The first-order valence-corrected chi connectivity index (χ1v) is 3.83. The second-order valence-electron chi connectivity index (χ2n) is 2.69. The summed E-state index contributed by atoms with van der Waals surface area (Å²) in [6.45, 7) is 0. The lowest BCUT2D eigenvalue weighted by Crippen LogP contribution is -2.03. The number of carbonyl (C=O) groups excluding carboxylic acids is 1. The number of nitrogens with one attached hydrogen (secondary N) is 1. The van der Waals surface area contributed by atoms with Gasteiger partial charge >= 0.3 is 0 Å². The van der Waals surface area contributed by atoms with Gasteiger partial charge in [-0.25, -0.2) is 0 Å². The molecule has 1 aromatic rings. The number of carbonyl (C=O) groups is 1. The molecule has 1 heterocycles. The monoisotopic (exact) mass is 170 g/mol. The molecule has 0 unspecified atom stereocenters. The highest BCUT2D eigenvalue weighted by atomic mass is 16.1. The molecule has 3 nitrogen and oxygen atoms in total. The average Bonchev–Trinajstić information content (AvgIpc) is 2.44. The Balaban J connectivity index is 2.61. The zero-order valence-electron chi connectivity index (χ0n) is 6.74. The second-order valence-corrected chi connectivity index (χ2v) is 2.69. The molecule has 0 aliphatic carbocycles. The fraction of sp³-hybridized carbons (Fsp3) is 0. The van der Waals surface area contributed by atoms with Crippen molar-refractivity contribution in [1.82, 2.24) is 0 Å². The Kier molecular flexibility index (Phi) is 1.60. The van der Waals surface area contributed by atoms with Crippen LogP contribution < -0.4 is 5.32 Å². The van der Waals surface area contributed by atoms with Gasteiger partial charge in [0.25, 0.3) is 5.91 Å². The van der Waals surface area contributed by atoms with Gasteiger partial charge in [0, 0.05) is 17.3 Å². The summed E-state index contributed by atoms with van der Waals surface area (Å²) in [5.74, 6) is -0.206. The number of allylic oxidation sites excluding steroid dienone is 1. The number of fused-ring (bicyclic) bond motifs is 1. The fourth-order valence-electron chi connectivity index (χ4n) is 1.35. The van der Waals surface area contributed by atoms with E-state index in [-0.39, 0.29) is 5.91 Å². The molecular weight excluding hydrogens is 164 g/mol. The normalized spacial score (nSPS) is 16.5. The van der Waals surface area contributed by atoms with Crippen LogP contribution in [0.4, 0.5) is 5.69 Å². The Morgan fingerprint density at radius 2 is 2.15 bits per heavy atom. The maximum absolute atomic E-state index is 11.3. The van der Waals surface area contributed by atoms with Crippen LogP contribution in [0, 0.1) is 11.3 Å². The van der Waals surface area contributed by atoms with Gasteiger partial charge in [0.15, 0.2) is 0 Å². The summed E-state index contributed by atoms with van der Waals surface area (Å²) in [4.78, 5) is 11.3. The highest BCUT2D eigenvalue weighted by Crippen LogP contribution is 2.30. The number of hydrogen-bond donors (Lipinski definition) is 1. The van der Waals surface area contributed by atoms with Crippen LogP contribution in [0.2, 0.25) is 0 Å². The van der Waals surface area contributed by atoms with E-state index < -0.39 is 0 Å². The fourth-order valence-corrected chi connectivity index (χ4v) is 1.35. The van der Waals surface area contributed by atoms with Gasteiger partial charge in [-0.05, 0) is 6.07 Å². The predicted octanol–water partition coefficient (Wildman–Crippen LogP) is 1.55. The quantitative estimate of drug-likeness (QED) is 0.474. The number of para-hydroxylation sites is 1. The van der Waals surface area contributed by atoms with Crippen molar-refractivity contribution in [2.75, 3.05) is 5.32 Å². The van der Waals surface area contributed by atoms with Crippen molar-refractivity contribution in [3.05, 3.63) is 35.9 Å². The number of hydrogen-bond acceptors (Lipinski definition) is 2. The zero-order chi connectivity index (χ0) is 9.26. The first-order chi connectivity index (χ1) is 6.33. The number of rotatable bonds is 0. The molecule has 1 aromatic carbocycles. The number of nitrogens with zero attached hydrogens (tertiary/aromatic N) is 1. The first-order valence-electron chi connectivity index (χ1n) is 3.83. The molecule has 1 aliphatic heterocycles. The standard InChI is InChI=1S/C10H6N2O/c11-6-5-8-7-3-1-2-4-9(7)12-10(8)13/h1-5H,(H,12,13)/b8-5+. The third-order valence-electron chi connectivity index (χ3n) is 1.92. The van der Waals surface area contributed by atoms with Gasteiger partial charge < -0.3 is 5.32 Å². The lowest BCUT2D eigenvalue weighted by Gasteiger charge is -1.93. The minimum atomic E-state index is -0.206. The summed E-state index contributed by atoms with van der Waals surface area (Å²) in [7, 11) is 0. The summed E-state index contributed by atoms with van der Waals surface area (Å²) in [5.41, 5.74) is 2.01. The minimum Gasteiger partial charge on any atom is -0.321 e. The van der Waals surface area contributed by atoms with E-state index in [1.54, 1.807) is 0 Å². The molecule has 0 spiro atoms. The Morgan fingerprint density at radius 1 is 1.38 bits per heavy atom. The summed E-state index contributed by atoms with van der Waals surface area (Å²) in [6, 6.07) is 9.16. The Hall–Kier alpha value is -2.08. The number of benzene rings is 1. The summed E-state index contributed by atoms with van der Waals surface area (Å²) in [6.07, 6.45) is 1.27. The molecule has 1 aliphatic rings. The van der Waals surface area contributed by atoms with E-state index in [1.165, 1.54) is 6.08 Å². The Bertz CT molecular complexity index is 440. The van der Waals surface area contributed by atoms with Crippen LogP contribution in [0.15, 0.2) is 30.3 Å². The molecule has 1 N–H and O–H groups in total. The largest absolute Gasteiger partial charge is 0.321 e. The van der Waals surface area contributed by atoms with Gasteiger partial charge in [-0.1, -0.05) is 18.2 Å². The van der Waals surface area contributed by atoms with Crippen LogP contribution in [-0.2, 0) is 4.79 Å². The zero-order valence-corrected chi connectivity index (χ0v) is 6.74. The predicted molar refractivity (Wildman–Crippen MR) is 48.7 cm³/mol. The van der Waals surface area contributed by atoms with Crippen LogP contribution in [0.3, 0.4) is 0 Å². The number of anilines is 1. The molecule has 62 valence electrons. The van der Waals surface area contributed by atoms with Crippen molar-refractivity contribution in [3.8, 4) is 6.07 Å². The molecular formula is C10H6N2O. The molecule has 13 heavy (non-hydrogen) atoms. The van der Waals surface area contributed by atoms with E-state index in [9.17, 15) is 4.79 Å². The smallest absolute Gasteiger partial charge is 0.257 e. The van der Waals surface area contributed by atoms with E-state index >= 15 is 0 Å². The van der Waals surface area contributed by atoms with Crippen molar-refractivity contribution in [2.24, 2.45) is 0 Å². The average molecular weight is 170 g/mol. The molecule has 1 amide bonds. The molecule has 0 radical (unpaired) electrons. The molecule has 0 aromatic heterocycles. The van der Waals surface area contributed by atoms with Crippen LogP contribution in [-0.4, -0.2) is 5.91 Å². The van der Waals surface area contributed by atoms with Crippen molar-refractivity contribution in [2.45, 2.75) is 0 Å². The molecule has 0 bridgehead atoms. The van der Waals surface area contributed by atoms with E-state index in [0.717, 1.165) is 11.3 Å². The van der Waals surface area contributed by atoms with Gasteiger partial charge in [-0.3, -0.25) is 4.79 Å². The summed E-state index contributed by atoms with van der Waals surface area (Å²) in [5, 5.41) is 11.1. The van der Waals surface area contributed by atoms with Crippen molar-refractivity contribution in [1.29, 1.82) is 5.26 Å².